The maximum absolute atomic E-state index is 12.0. The molecule has 0 fully saturated rings. The summed E-state index contributed by atoms with van der Waals surface area (Å²) in [5.41, 5.74) is 0.871. The fraction of sp³-hybridized carbons (Fsp3) is 0.188. The van der Waals surface area contributed by atoms with E-state index in [1.165, 1.54) is 11.3 Å². The number of ketones is 1. The van der Waals surface area contributed by atoms with Crippen LogP contribution in [0, 0.1) is 0 Å². The average Bonchev–Trinajstić information content (AvgIpc) is 2.99. The van der Waals surface area contributed by atoms with Gasteiger partial charge in [0, 0.05) is 0 Å². The zero-order valence-corrected chi connectivity index (χ0v) is 14.2. The molecule has 1 heterocycles. The van der Waals surface area contributed by atoms with Crippen molar-refractivity contribution in [2.45, 2.75) is 6.92 Å². The molecule has 0 aliphatic heterocycles. The molecule has 2 rings (SSSR count). The molecule has 0 unspecified atom stereocenters. The highest BCUT2D eigenvalue weighted by Crippen LogP contribution is 2.36. The Bertz CT molecular complexity index is 648. The molecule has 1 aromatic carbocycles. The first kappa shape index (κ1) is 15.8. The first-order chi connectivity index (χ1) is 10.2. The van der Waals surface area contributed by atoms with Crippen molar-refractivity contribution in [1.82, 2.24) is 0 Å². The highest BCUT2D eigenvalue weighted by atomic mass is 79.9. The summed E-state index contributed by atoms with van der Waals surface area (Å²) >= 11 is 4.88. The third-order valence-electron chi connectivity index (χ3n) is 2.73. The Balaban J connectivity index is 2.26. The van der Waals surface area contributed by atoms with Crippen LogP contribution in [0.1, 0.15) is 22.2 Å². The van der Waals surface area contributed by atoms with E-state index in [1.807, 2.05) is 36.6 Å². The maximum atomic E-state index is 12.0. The van der Waals surface area contributed by atoms with Crippen LogP contribution in [-0.2, 0) is 0 Å². The Morgan fingerprint density at radius 3 is 2.86 bits per heavy atom. The summed E-state index contributed by atoms with van der Waals surface area (Å²) in [7, 11) is 1.60. The van der Waals surface area contributed by atoms with Crippen molar-refractivity contribution in [2.24, 2.45) is 0 Å². The molecule has 3 nitrogen and oxygen atoms in total. The second kappa shape index (κ2) is 7.43. The highest BCUT2D eigenvalue weighted by Gasteiger charge is 2.10. The van der Waals surface area contributed by atoms with Crippen LogP contribution in [0.15, 0.2) is 40.2 Å². The van der Waals surface area contributed by atoms with E-state index in [4.69, 9.17) is 9.47 Å². The van der Waals surface area contributed by atoms with E-state index in [0.717, 1.165) is 14.9 Å². The van der Waals surface area contributed by atoms with E-state index in [0.29, 0.717) is 18.1 Å². The predicted molar refractivity (Wildman–Crippen MR) is 89.5 cm³/mol. The van der Waals surface area contributed by atoms with Crippen molar-refractivity contribution in [3.63, 3.8) is 0 Å². The van der Waals surface area contributed by atoms with E-state index < -0.39 is 0 Å². The molecule has 0 saturated heterocycles. The summed E-state index contributed by atoms with van der Waals surface area (Å²) in [5.74, 6) is 1.30. The lowest BCUT2D eigenvalue weighted by Gasteiger charge is -2.11. The highest BCUT2D eigenvalue weighted by molar-refractivity contribution is 9.10. The Kier molecular flexibility index (Phi) is 5.59. The van der Waals surface area contributed by atoms with Crippen LogP contribution in [0.2, 0.25) is 0 Å². The van der Waals surface area contributed by atoms with Crippen LogP contribution < -0.4 is 9.47 Å². The normalized spacial score (nSPS) is 10.8. The van der Waals surface area contributed by atoms with Crippen molar-refractivity contribution < 1.29 is 14.3 Å². The minimum absolute atomic E-state index is 0.00472. The molecular formula is C16H15BrO3S. The van der Waals surface area contributed by atoms with Gasteiger partial charge in [0.15, 0.2) is 17.3 Å². The largest absolute Gasteiger partial charge is 0.492 e. The van der Waals surface area contributed by atoms with Crippen molar-refractivity contribution in [1.29, 1.82) is 0 Å². The third-order valence-corrected chi connectivity index (χ3v) is 4.20. The molecule has 0 radical (unpaired) electrons. The van der Waals surface area contributed by atoms with Crippen LogP contribution in [0.5, 0.6) is 11.5 Å². The van der Waals surface area contributed by atoms with Gasteiger partial charge in [-0.1, -0.05) is 12.1 Å². The number of hydrogen-bond donors (Lipinski definition) is 0. The molecule has 110 valence electrons. The quantitative estimate of drug-likeness (QED) is 0.543. The van der Waals surface area contributed by atoms with Crippen LogP contribution in [0.3, 0.4) is 0 Å². The van der Waals surface area contributed by atoms with Crippen LogP contribution in [0.25, 0.3) is 6.08 Å². The number of carbonyl (C=O) groups excluding carboxylic acids is 1. The van der Waals surface area contributed by atoms with E-state index >= 15 is 0 Å². The summed E-state index contributed by atoms with van der Waals surface area (Å²) in [6, 6.07) is 7.42. The molecule has 0 aliphatic carbocycles. The number of allylic oxidation sites excluding steroid dienone is 1. The lowest BCUT2D eigenvalue weighted by molar-refractivity contribution is 0.105. The number of carbonyl (C=O) groups is 1. The summed E-state index contributed by atoms with van der Waals surface area (Å²) in [5, 5.41) is 1.89. The number of halogens is 1. The van der Waals surface area contributed by atoms with Crippen molar-refractivity contribution >= 4 is 39.1 Å². The fourth-order valence-electron chi connectivity index (χ4n) is 1.82. The third kappa shape index (κ3) is 3.95. The van der Waals surface area contributed by atoms with Crippen molar-refractivity contribution in [3.05, 3.63) is 50.6 Å². The number of hydrogen-bond acceptors (Lipinski definition) is 4. The standard InChI is InChI=1S/C16H15BrO3S/c1-3-20-14-10-11(9-12(17)16(14)19-2)6-7-13(18)15-5-4-8-21-15/h4-10H,3H2,1-2H3/b7-6+. The van der Waals surface area contributed by atoms with Crippen LogP contribution in [0.4, 0.5) is 0 Å². The topological polar surface area (TPSA) is 35.5 Å². The molecule has 0 aliphatic rings. The molecule has 0 atom stereocenters. The van der Waals surface area contributed by atoms with Gasteiger partial charge in [-0.15, -0.1) is 11.3 Å². The van der Waals surface area contributed by atoms with Gasteiger partial charge in [-0.2, -0.15) is 0 Å². The van der Waals surface area contributed by atoms with Gasteiger partial charge in [0.2, 0.25) is 0 Å². The molecule has 0 N–H and O–H groups in total. The molecule has 1 aromatic heterocycles. The Morgan fingerprint density at radius 2 is 2.24 bits per heavy atom. The average molecular weight is 367 g/mol. The van der Waals surface area contributed by atoms with E-state index in [1.54, 1.807) is 19.3 Å². The van der Waals surface area contributed by atoms with Crippen LogP contribution in [-0.4, -0.2) is 19.5 Å². The lowest BCUT2D eigenvalue weighted by Crippen LogP contribution is -1.97. The smallest absolute Gasteiger partial charge is 0.195 e. The van der Waals surface area contributed by atoms with Gasteiger partial charge in [0.1, 0.15) is 0 Å². The summed E-state index contributed by atoms with van der Waals surface area (Å²) in [6.45, 7) is 2.46. The molecule has 0 bridgehead atoms. The van der Waals surface area contributed by atoms with Gasteiger partial charge in [0.25, 0.3) is 0 Å². The lowest BCUT2D eigenvalue weighted by atomic mass is 10.1. The van der Waals surface area contributed by atoms with E-state index in [-0.39, 0.29) is 5.78 Å². The minimum Gasteiger partial charge on any atom is -0.492 e. The Labute approximate surface area is 136 Å². The molecule has 5 heteroatoms. The molecule has 0 saturated carbocycles. The van der Waals surface area contributed by atoms with E-state index in [9.17, 15) is 4.79 Å². The van der Waals surface area contributed by atoms with Crippen molar-refractivity contribution in [3.8, 4) is 11.5 Å². The first-order valence-electron chi connectivity index (χ1n) is 6.42. The molecule has 21 heavy (non-hydrogen) atoms. The fourth-order valence-corrected chi connectivity index (χ4v) is 3.08. The maximum Gasteiger partial charge on any atom is 0.195 e. The number of thiophene rings is 1. The second-order valence-electron chi connectivity index (χ2n) is 4.14. The zero-order valence-electron chi connectivity index (χ0n) is 11.8. The molecular weight excluding hydrogens is 352 g/mol. The molecule has 0 spiro atoms. The summed E-state index contributed by atoms with van der Waals surface area (Å²) in [4.78, 5) is 12.7. The number of ether oxygens (including phenoxy) is 2. The van der Waals surface area contributed by atoms with E-state index in [2.05, 4.69) is 15.9 Å². The first-order valence-corrected chi connectivity index (χ1v) is 8.09. The monoisotopic (exact) mass is 366 g/mol. The number of methoxy groups -OCH3 is 1. The van der Waals surface area contributed by atoms with Crippen molar-refractivity contribution in [2.75, 3.05) is 13.7 Å². The molecule has 0 amide bonds. The Morgan fingerprint density at radius 1 is 1.43 bits per heavy atom. The van der Waals surface area contributed by atoms with Crippen LogP contribution >= 0.6 is 27.3 Å². The van der Waals surface area contributed by atoms with Gasteiger partial charge >= 0.3 is 0 Å². The zero-order chi connectivity index (χ0) is 15.2. The summed E-state index contributed by atoms with van der Waals surface area (Å²) in [6.07, 6.45) is 3.34. The van der Waals surface area contributed by atoms with Gasteiger partial charge < -0.3 is 9.47 Å². The number of rotatable bonds is 6. The SMILES string of the molecule is CCOc1cc(/C=C/C(=O)c2cccs2)cc(Br)c1OC. The summed E-state index contributed by atoms with van der Waals surface area (Å²) < 4.78 is 11.7. The Hall–Kier alpha value is -1.59. The second-order valence-corrected chi connectivity index (χ2v) is 5.94. The van der Waals surface area contributed by atoms with Gasteiger partial charge in [-0.3, -0.25) is 4.79 Å². The molecule has 2 aromatic rings. The van der Waals surface area contributed by atoms with Gasteiger partial charge in [-0.25, -0.2) is 0 Å². The predicted octanol–water partition coefficient (Wildman–Crippen LogP) is 4.81. The van der Waals surface area contributed by atoms with Gasteiger partial charge in [0.05, 0.1) is 23.1 Å². The minimum atomic E-state index is -0.00472. The number of benzene rings is 1. The van der Waals surface area contributed by atoms with Gasteiger partial charge in [-0.05, 0) is 58.1 Å².